The van der Waals surface area contributed by atoms with Gasteiger partial charge in [-0.3, -0.25) is 4.79 Å². The lowest BCUT2D eigenvalue weighted by atomic mass is 9.76. The van der Waals surface area contributed by atoms with Crippen LogP contribution in [0.3, 0.4) is 0 Å². The average Bonchev–Trinajstić information content (AvgIpc) is 2.58. The molecular formula is C16H19FN2O4S. The third-order valence-electron chi connectivity index (χ3n) is 4.63. The van der Waals surface area contributed by atoms with Gasteiger partial charge in [-0.15, -0.1) is 0 Å². The Bertz CT molecular complexity index is 793. The normalized spacial score (nSPS) is 24.8. The molecule has 0 aliphatic carbocycles. The van der Waals surface area contributed by atoms with Crippen LogP contribution in [0.4, 0.5) is 4.39 Å². The Hall–Kier alpha value is -1.93. The molecule has 2 aliphatic heterocycles. The van der Waals surface area contributed by atoms with E-state index in [1.165, 1.54) is 23.5 Å². The lowest BCUT2D eigenvalue weighted by Gasteiger charge is -2.41. The number of nitrogens with one attached hydrogen (secondary N) is 1. The summed E-state index contributed by atoms with van der Waals surface area (Å²) in [6, 6.07) is 3.56. The fourth-order valence-corrected chi connectivity index (χ4v) is 4.85. The molecule has 1 unspecified atom stereocenters. The number of carbonyl (C=O) groups is 1. The first kappa shape index (κ1) is 16.9. The number of ether oxygens (including phenoxy) is 1. The van der Waals surface area contributed by atoms with E-state index in [-0.39, 0.29) is 23.1 Å². The zero-order chi connectivity index (χ0) is 17.4. The molecule has 0 saturated carbocycles. The van der Waals surface area contributed by atoms with E-state index in [1.54, 1.807) is 6.20 Å². The van der Waals surface area contributed by atoms with Crippen molar-refractivity contribution >= 4 is 15.9 Å². The summed E-state index contributed by atoms with van der Waals surface area (Å²) in [6.07, 6.45) is 5.14. The number of sulfonamides is 1. The van der Waals surface area contributed by atoms with Crippen molar-refractivity contribution in [3.05, 3.63) is 36.3 Å². The van der Waals surface area contributed by atoms with Gasteiger partial charge in [-0.05, 0) is 43.7 Å². The lowest BCUT2D eigenvalue weighted by Crippen LogP contribution is -2.53. The van der Waals surface area contributed by atoms with E-state index in [2.05, 4.69) is 5.32 Å². The van der Waals surface area contributed by atoms with Gasteiger partial charge in [0, 0.05) is 13.1 Å². The molecule has 1 saturated heterocycles. The highest BCUT2D eigenvalue weighted by Crippen LogP contribution is 2.38. The highest BCUT2D eigenvalue weighted by Gasteiger charge is 2.45. The molecular weight excluding hydrogens is 335 g/mol. The van der Waals surface area contributed by atoms with Crippen molar-refractivity contribution in [1.29, 1.82) is 0 Å². The monoisotopic (exact) mass is 354 g/mol. The molecule has 3 rings (SSSR count). The molecule has 2 aliphatic rings. The molecule has 2 heterocycles. The van der Waals surface area contributed by atoms with Crippen molar-refractivity contribution < 1.29 is 22.3 Å². The quantitative estimate of drug-likeness (QED) is 0.895. The van der Waals surface area contributed by atoms with Gasteiger partial charge < -0.3 is 10.1 Å². The number of hydrogen-bond donors (Lipinski definition) is 1. The standard InChI is InChI=1S/C16H19FN2O4S/c1-23-14-5-4-12(10-13(14)17)24(21,22)19-9-3-7-16(11-19)6-2-8-18-15(16)20/h2,4-5,8,10H,3,6-7,9,11H2,1H3,(H,18,20). The van der Waals surface area contributed by atoms with E-state index >= 15 is 0 Å². The summed E-state index contributed by atoms with van der Waals surface area (Å²) in [5, 5.41) is 2.66. The Morgan fingerprint density at radius 3 is 2.83 bits per heavy atom. The van der Waals surface area contributed by atoms with Crippen LogP contribution in [0, 0.1) is 11.2 Å². The summed E-state index contributed by atoms with van der Waals surface area (Å²) in [5.74, 6) is -0.907. The van der Waals surface area contributed by atoms with Crippen LogP contribution in [0.2, 0.25) is 0 Å². The van der Waals surface area contributed by atoms with Gasteiger partial charge >= 0.3 is 0 Å². The molecule has 130 valence electrons. The van der Waals surface area contributed by atoms with Gasteiger partial charge in [0.1, 0.15) is 0 Å². The van der Waals surface area contributed by atoms with Crippen LogP contribution in [0.15, 0.2) is 35.4 Å². The topological polar surface area (TPSA) is 75.7 Å². The second-order valence-electron chi connectivity index (χ2n) is 6.10. The van der Waals surface area contributed by atoms with Gasteiger partial charge in [-0.2, -0.15) is 4.31 Å². The minimum absolute atomic E-state index is 0.0131. The molecule has 1 amide bonds. The van der Waals surface area contributed by atoms with E-state index in [4.69, 9.17) is 4.74 Å². The molecule has 6 nitrogen and oxygen atoms in total. The molecule has 1 spiro atoms. The molecule has 0 bridgehead atoms. The fraction of sp³-hybridized carbons (Fsp3) is 0.438. The van der Waals surface area contributed by atoms with Gasteiger partial charge in [0.05, 0.1) is 17.4 Å². The van der Waals surface area contributed by atoms with E-state index in [9.17, 15) is 17.6 Å². The maximum atomic E-state index is 13.9. The minimum atomic E-state index is -3.87. The maximum absolute atomic E-state index is 13.9. The molecule has 1 fully saturated rings. The number of halogens is 1. The maximum Gasteiger partial charge on any atom is 0.243 e. The number of amides is 1. The van der Waals surface area contributed by atoms with Crippen LogP contribution in [0.25, 0.3) is 0 Å². The first-order valence-corrected chi connectivity index (χ1v) is 9.13. The summed E-state index contributed by atoms with van der Waals surface area (Å²) in [5.41, 5.74) is -0.745. The number of allylic oxidation sites excluding steroid dienone is 1. The van der Waals surface area contributed by atoms with Crippen LogP contribution in [-0.4, -0.2) is 38.8 Å². The Morgan fingerprint density at radius 1 is 1.38 bits per heavy atom. The SMILES string of the molecule is COc1ccc(S(=O)(=O)N2CCCC3(CC=CNC3=O)C2)cc1F. The third-order valence-corrected chi connectivity index (χ3v) is 6.47. The number of rotatable bonds is 3. The number of piperidine rings is 1. The summed E-state index contributed by atoms with van der Waals surface area (Å²) in [7, 11) is -2.56. The highest BCUT2D eigenvalue weighted by molar-refractivity contribution is 7.89. The lowest BCUT2D eigenvalue weighted by molar-refractivity contribution is -0.132. The van der Waals surface area contributed by atoms with Gasteiger partial charge in [0.2, 0.25) is 15.9 Å². The van der Waals surface area contributed by atoms with Crippen molar-refractivity contribution in [1.82, 2.24) is 9.62 Å². The molecule has 8 heteroatoms. The van der Waals surface area contributed by atoms with Crippen LogP contribution in [0.5, 0.6) is 5.75 Å². The number of hydrogen-bond acceptors (Lipinski definition) is 4. The minimum Gasteiger partial charge on any atom is -0.494 e. The number of benzene rings is 1. The van der Waals surface area contributed by atoms with Crippen LogP contribution < -0.4 is 10.1 Å². The van der Waals surface area contributed by atoms with E-state index in [0.29, 0.717) is 25.8 Å². The van der Waals surface area contributed by atoms with Crippen molar-refractivity contribution in [3.63, 3.8) is 0 Å². The second kappa shape index (κ2) is 6.18. The smallest absolute Gasteiger partial charge is 0.243 e. The van der Waals surface area contributed by atoms with Crippen LogP contribution >= 0.6 is 0 Å². The van der Waals surface area contributed by atoms with Crippen molar-refractivity contribution in [2.45, 2.75) is 24.2 Å². The van der Waals surface area contributed by atoms with Gasteiger partial charge in [0.25, 0.3) is 0 Å². The molecule has 0 aromatic heterocycles. The highest BCUT2D eigenvalue weighted by atomic mass is 32.2. The Kier molecular flexibility index (Phi) is 4.35. The van der Waals surface area contributed by atoms with E-state index in [1.807, 2.05) is 6.08 Å². The van der Waals surface area contributed by atoms with Crippen molar-refractivity contribution in [2.24, 2.45) is 5.41 Å². The van der Waals surface area contributed by atoms with Crippen molar-refractivity contribution in [2.75, 3.05) is 20.2 Å². The fourth-order valence-electron chi connectivity index (χ4n) is 3.27. The number of methoxy groups -OCH3 is 1. The summed E-state index contributed by atoms with van der Waals surface area (Å²) in [6.45, 7) is 0.411. The summed E-state index contributed by atoms with van der Waals surface area (Å²) < 4.78 is 45.7. The Balaban J connectivity index is 1.91. The molecule has 1 aromatic rings. The number of nitrogens with zero attached hydrogens (tertiary/aromatic N) is 1. The van der Waals surface area contributed by atoms with Gasteiger partial charge in [-0.25, -0.2) is 12.8 Å². The van der Waals surface area contributed by atoms with Crippen molar-refractivity contribution in [3.8, 4) is 5.75 Å². The zero-order valence-corrected chi connectivity index (χ0v) is 14.1. The van der Waals surface area contributed by atoms with Gasteiger partial charge in [0.15, 0.2) is 11.6 Å². The molecule has 1 N–H and O–H groups in total. The molecule has 24 heavy (non-hydrogen) atoms. The zero-order valence-electron chi connectivity index (χ0n) is 13.3. The predicted octanol–water partition coefficient (Wildman–Crippen LogP) is 1.64. The van der Waals surface area contributed by atoms with E-state index < -0.39 is 21.3 Å². The first-order valence-electron chi connectivity index (χ1n) is 7.69. The number of carbonyl (C=O) groups excluding carboxylic acids is 1. The predicted molar refractivity (Wildman–Crippen MR) is 85.3 cm³/mol. The Labute approximate surface area is 140 Å². The summed E-state index contributed by atoms with van der Waals surface area (Å²) in [4.78, 5) is 12.1. The molecule has 1 atom stereocenters. The van der Waals surface area contributed by atoms with Gasteiger partial charge in [-0.1, -0.05) is 6.08 Å². The average molecular weight is 354 g/mol. The largest absolute Gasteiger partial charge is 0.494 e. The van der Waals surface area contributed by atoms with Crippen LogP contribution in [0.1, 0.15) is 19.3 Å². The third kappa shape index (κ3) is 2.80. The Morgan fingerprint density at radius 2 is 2.17 bits per heavy atom. The van der Waals surface area contributed by atoms with Crippen LogP contribution in [-0.2, 0) is 14.8 Å². The molecule has 0 radical (unpaired) electrons. The first-order chi connectivity index (χ1) is 11.4. The summed E-state index contributed by atoms with van der Waals surface area (Å²) >= 11 is 0. The second-order valence-corrected chi connectivity index (χ2v) is 8.04. The van der Waals surface area contributed by atoms with E-state index in [0.717, 1.165) is 6.07 Å². The molecule has 1 aromatic carbocycles.